The van der Waals surface area contributed by atoms with Crippen LogP contribution in [0.5, 0.6) is 0 Å². The molecule has 0 aromatic carbocycles. The summed E-state index contributed by atoms with van der Waals surface area (Å²) < 4.78 is 0. The van der Waals surface area contributed by atoms with Crippen molar-refractivity contribution in [3.8, 4) is 0 Å². The van der Waals surface area contributed by atoms with Gasteiger partial charge in [0.15, 0.2) is 0 Å². The topological polar surface area (TPSA) is 58.0 Å². The molecule has 13 heavy (non-hydrogen) atoms. The van der Waals surface area contributed by atoms with Gasteiger partial charge in [-0.2, -0.15) is 0 Å². The van der Waals surface area contributed by atoms with Crippen LogP contribution in [0.2, 0.25) is 0 Å². The van der Waals surface area contributed by atoms with Crippen molar-refractivity contribution in [3.63, 3.8) is 0 Å². The smallest absolute Gasteiger partial charge is 0.134 e. The van der Waals surface area contributed by atoms with Crippen molar-refractivity contribution in [3.05, 3.63) is 18.1 Å². The first-order chi connectivity index (χ1) is 6.24. The molecule has 2 N–H and O–H groups in total. The van der Waals surface area contributed by atoms with E-state index in [0.29, 0.717) is 5.92 Å². The van der Waals surface area contributed by atoms with E-state index in [2.05, 4.69) is 29.1 Å². The van der Waals surface area contributed by atoms with Crippen molar-refractivity contribution < 1.29 is 5.11 Å². The van der Waals surface area contributed by atoms with E-state index < -0.39 is 0 Å². The molecule has 0 aliphatic heterocycles. The molecule has 1 rings (SSSR count). The van der Waals surface area contributed by atoms with Gasteiger partial charge < -0.3 is 10.4 Å². The van der Waals surface area contributed by atoms with Gasteiger partial charge in [-0.15, -0.1) is 0 Å². The second-order valence-corrected chi connectivity index (χ2v) is 3.33. The van der Waals surface area contributed by atoms with Gasteiger partial charge >= 0.3 is 0 Å². The quantitative estimate of drug-likeness (QED) is 0.728. The maximum Gasteiger partial charge on any atom is 0.134 e. The Bertz CT molecular complexity index is 263. The number of hydrogen-bond acceptors (Lipinski definition) is 4. The lowest BCUT2D eigenvalue weighted by molar-refractivity contribution is 0.281. The monoisotopic (exact) mass is 181 g/mol. The van der Waals surface area contributed by atoms with Gasteiger partial charge in [-0.25, -0.2) is 9.97 Å². The average Bonchev–Trinajstić information content (AvgIpc) is 2.15. The van der Waals surface area contributed by atoms with E-state index in [-0.39, 0.29) is 6.61 Å². The summed E-state index contributed by atoms with van der Waals surface area (Å²) in [6.45, 7) is 5.06. The van der Waals surface area contributed by atoms with Crippen molar-refractivity contribution in [1.29, 1.82) is 0 Å². The average molecular weight is 181 g/mol. The summed E-state index contributed by atoms with van der Waals surface area (Å²) in [5.74, 6) is 1.28. The lowest BCUT2D eigenvalue weighted by atomic mass is 10.2. The van der Waals surface area contributed by atoms with Gasteiger partial charge in [0.2, 0.25) is 0 Å². The normalized spacial score (nSPS) is 10.5. The Labute approximate surface area is 78.0 Å². The number of anilines is 1. The summed E-state index contributed by atoms with van der Waals surface area (Å²) in [5, 5.41) is 12.1. The molecular formula is C9H15N3O. The Kier molecular flexibility index (Phi) is 3.64. The van der Waals surface area contributed by atoms with Crippen LogP contribution in [0.3, 0.4) is 0 Å². The minimum Gasteiger partial charge on any atom is -0.391 e. The second-order valence-electron chi connectivity index (χ2n) is 3.33. The molecule has 4 nitrogen and oxygen atoms in total. The fraction of sp³-hybridized carbons (Fsp3) is 0.556. The van der Waals surface area contributed by atoms with Crippen molar-refractivity contribution in [1.82, 2.24) is 9.97 Å². The van der Waals surface area contributed by atoms with E-state index in [4.69, 9.17) is 5.11 Å². The third kappa shape index (κ3) is 2.99. The fourth-order valence-corrected chi connectivity index (χ4v) is 0.934. The minimum atomic E-state index is -0.0265. The number of rotatable bonds is 4. The van der Waals surface area contributed by atoms with Crippen molar-refractivity contribution >= 4 is 5.82 Å². The number of nitrogens with one attached hydrogen (secondary N) is 1. The lowest BCUT2D eigenvalue weighted by Gasteiger charge is -2.10. The van der Waals surface area contributed by atoms with E-state index in [1.54, 1.807) is 6.20 Å². The fourth-order valence-electron chi connectivity index (χ4n) is 0.934. The molecule has 4 heteroatoms. The van der Waals surface area contributed by atoms with Crippen LogP contribution in [-0.4, -0.2) is 21.6 Å². The SMILES string of the molecule is CC(C)CNc1ncncc1CO. The largest absolute Gasteiger partial charge is 0.391 e. The molecule has 72 valence electrons. The highest BCUT2D eigenvalue weighted by atomic mass is 16.3. The first-order valence-electron chi connectivity index (χ1n) is 4.37. The Balaban J connectivity index is 2.64. The third-order valence-corrected chi connectivity index (χ3v) is 1.64. The first-order valence-corrected chi connectivity index (χ1v) is 4.37. The molecule has 0 saturated carbocycles. The molecule has 0 unspecified atom stereocenters. The van der Waals surface area contributed by atoms with Crippen molar-refractivity contribution in [2.45, 2.75) is 20.5 Å². The number of hydrogen-bond donors (Lipinski definition) is 2. The summed E-state index contributed by atoms with van der Waals surface area (Å²) >= 11 is 0. The van der Waals surface area contributed by atoms with Crippen LogP contribution in [0, 0.1) is 5.92 Å². The van der Waals surface area contributed by atoms with Crippen molar-refractivity contribution in [2.75, 3.05) is 11.9 Å². The highest BCUT2D eigenvalue weighted by molar-refractivity contribution is 5.41. The summed E-state index contributed by atoms with van der Waals surface area (Å²) in [4.78, 5) is 7.87. The summed E-state index contributed by atoms with van der Waals surface area (Å²) in [6, 6.07) is 0. The van der Waals surface area contributed by atoms with E-state index in [1.165, 1.54) is 6.33 Å². The summed E-state index contributed by atoms with van der Waals surface area (Å²) in [5.41, 5.74) is 0.739. The van der Waals surface area contributed by atoms with Crippen LogP contribution in [0.15, 0.2) is 12.5 Å². The Morgan fingerprint density at radius 1 is 1.54 bits per heavy atom. The highest BCUT2D eigenvalue weighted by Gasteiger charge is 2.02. The van der Waals surface area contributed by atoms with Gasteiger partial charge in [0.25, 0.3) is 0 Å². The highest BCUT2D eigenvalue weighted by Crippen LogP contribution is 2.09. The molecule has 0 saturated heterocycles. The molecule has 0 atom stereocenters. The van der Waals surface area contributed by atoms with Gasteiger partial charge in [-0.1, -0.05) is 13.8 Å². The molecule has 0 amide bonds. The Hall–Kier alpha value is -1.16. The standard InChI is InChI=1S/C9H15N3O/c1-7(2)3-11-9-8(5-13)4-10-6-12-9/h4,6-7,13H,3,5H2,1-2H3,(H,10,11,12). The zero-order valence-corrected chi connectivity index (χ0v) is 7.99. The first kappa shape index (κ1) is 9.92. The maximum absolute atomic E-state index is 8.96. The molecule has 1 aromatic rings. The second kappa shape index (κ2) is 4.77. The van der Waals surface area contributed by atoms with Crippen LogP contribution >= 0.6 is 0 Å². The zero-order chi connectivity index (χ0) is 9.68. The Morgan fingerprint density at radius 3 is 2.92 bits per heavy atom. The van der Waals surface area contributed by atoms with E-state index in [1.807, 2.05) is 0 Å². The van der Waals surface area contributed by atoms with E-state index in [0.717, 1.165) is 17.9 Å². The summed E-state index contributed by atoms with van der Waals surface area (Å²) in [7, 11) is 0. The number of aromatic nitrogens is 2. The van der Waals surface area contributed by atoms with E-state index in [9.17, 15) is 0 Å². The number of nitrogens with zero attached hydrogens (tertiary/aromatic N) is 2. The van der Waals surface area contributed by atoms with Crippen LogP contribution < -0.4 is 5.32 Å². The number of aliphatic hydroxyl groups is 1. The summed E-state index contributed by atoms with van der Waals surface area (Å²) in [6.07, 6.45) is 3.09. The minimum absolute atomic E-state index is 0.0265. The van der Waals surface area contributed by atoms with Crippen LogP contribution in [-0.2, 0) is 6.61 Å². The lowest BCUT2D eigenvalue weighted by Crippen LogP contribution is -2.11. The van der Waals surface area contributed by atoms with Crippen LogP contribution in [0.25, 0.3) is 0 Å². The van der Waals surface area contributed by atoms with Gasteiger partial charge in [-0.05, 0) is 5.92 Å². The molecular weight excluding hydrogens is 166 g/mol. The molecule has 1 heterocycles. The Morgan fingerprint density at radius 2 is 2.31 bits per heavy atom. The van der Waals surface area contributed by atoms with Gasteiger partial charge in [0.05, 0.1) is 6.61 Å². The molecule has 0 aliphatic rings. The zero-order valence-electron chi connectivity index (χ0n) is 7.99. The van der Waals surface area contributed by atoms with Gasteiger partial charge in [-0.3, -0.25) is 0 Å². The van der Waals surface area contributed by atoms with Gasteiger partial charge in [0.1, 0.15) is 12.1 Å². The predicted octanol–water partition coefficient (Wildman–Crippen LogP) is 1.04. The molecule has 0 spiro atoms. The van der Waals surface area contributed by atoms with Crippen molar-refractivity contribution in [2.24, 2.45) is 5.92 Å². The molecule has 0 fully saturated rings. The third-order valence-electron chi connectivity index (χ3n) is 1.64. The van der Waals surface area contributed by atoms with E-state index >= 15 is 0 Å². The number of aliphatic hydroxyl groups excluding tert-OH is 1. The molecule has 0 bridgehead atoms. The molecule has 0 radical (unpaired) electrons. The molecule has 0 aliphatic carbocycles. The predicted molar refractivity (Wildman–Crippen MR) is 51.3 cm³/mol. The van der Waals surface area contributed by atoms with Gasteiger partial charge in [0, 0.05) is 18.3 Å². The molecule has 1 aromatic heterocycles. The van der Waals surface area contributed by atoms with Crippen LogP contribution in [0.1, 0.15) is 19.4 Å². The maximum atomic E-state index is 8.96. The van der Waals surface area contributed by atoms with Crippen LogP contribution in [0.4, 0.5) is 5.82 Å².